The molecule has 2 aromatic carbocycles. The summed E-state index contributed by atoms with van der Waals surface area (Å²) in [7, 11) is 0. The van der Waals surface area contributed by atoms with E-state index < -0.39 is 23.5 Å². The lowest BCUT2D eigenvalue weighted by molar-refractivity contribution is -0.137. The van der Waals surface area contributed by atoms with Crippen LogP contribution in [0.25, 0.3) is 0 Å². The molecule has 4 heteroatoms. The first kappa shape index (κ1) is 13.2. The van der Waals surface area contributed by atoms with Gasteiger partial charge in [-0.1, -0.05) is 36.4 Å². The number of aliphatic carboxylic acids is 1. The topological polar surface area (TPSA) is 37.3 Å². The quantitative estimate of drug-likeness (QED) is 0.914. The standard InChI is InChI=1S/C15H12F2O2/c16-13-7-3-1-5-10(13)12(9-15(18)19)11-6-2-4-8-14(11)17/h1-8,12H,9H2,(H,18,19). The molecule has 0 bridgehead atoms. The van der Waals surface area contributed by atoms with E-state index in [0.717, 1.165) is 0 Å². The van der Waals surface area contributed by atoms with Crippen LogP contribution in [0.2, 0.25) is 0 Å². The molecule has 0 aliphatic rings. The van der Waals surface area contributed by atoms with Gasteiger partial charge in [0, 0.05) is 5.92 Å². The Kier molecular flexibility index (Phi) is 3.90. The van der Waals surface area contributed by atoms with E-state index >= 15 is 0 Å². The van der Waals surface area contributed by atoms with Gasteiger partial charge in [0.25, 0.3) is 0 Å². The molecule has 0 spiro atoms. The molecule has 0 unspecified atom stereocenters. The highest BCUT2D eigenvalue weighted by molar-refractivity contribution is 5.69. The van der Waals surface area contributed by atoms with Crippen LogP contribution in [0.5, 0.6) is 0 Å². The summed E-state index contributed by atoms with van der Waals surface area (Å²) in [5.74, 6) is -2.99. The Morgan fingerprint density at radius 2 is 1.37 bits per heavy atom. The molecule has 2 nitrogen and oxygen atoms in total. The van der Waals surface area contributed by atoms with E-state index in [1.54, 1.807) is 12.1 Å². The van der Waals surface area contributed by atoms with E-state index in [0.29, 0.717) is 0 Å². The Bertz CT molecular complexity index is 551. The summed E-state index contributed by atoms with van der Waals surface area (Å²) in [6.07, 6.45) is -0.359. The van der Waals surface area contributed by atoms with Crippen LogP contribution in [-0.4, -0.2) is 11.1 Å². The molecule has 0 fully saturated rings. The number of benzene rings is 2. The van der Waals surface area contributed by atoms with Gasteiger partial charge < -0.3 is 5.11 Å². The molecule has 1 N–H and O–H groups in total. The third-order valence-electron chi connectivity index (χ3n) is 2.94. The Balaban J connectivity index is 2.51. The molecule has 19 heavy (non-hydrogen) atoms. The second kappa shape index (κ2) is 5.61. The van der Waals surface area contributed by atoms with Crippen molar-refractivity contribution in [1.29, 1.82) is 0 Å². The van der Waals surface area contributed by atoms with Gasteiger partial charge in [0.2, 0.25) is 0 Å². The largest absolute Gasteiger partial charge is 0.481 e. The minimum Gasteiger partial charge on any atom is -0.481 e. The number of hydrogen-bond donors (Lipinski definition) is 1. The summed E-state index contributed by atoms with van der Waals surface area (Å²) in [6.45, 7) is 0. The summed E-state index contributed by atoms with van der Waals surface area (Å²) >= 11 is 0. The van der Waals surface area contributed by atoms with Gasteiger partial charge in [-0.3, -0.25) is 4.79 Å². The zero-order valence-electron chi connectivity index (χ0n) is 10.0. The highest BCUT2D eigenvalue weighted by Crippen LogP contribution is 2.31. The van der Waals surface area contributed by atoms with Crippen molar-refractivity contribution in [3.63, 3.8) is 0 Å². The van der Waals surface area contributed by atoms with Crippen molar-refractivity contribution < 1.29 is 18.7 Å². The molecule has 0 saturated heterocycles. The number of carboxylic acids is 1. The van der Waals surface area contributed by atoms with E-state index in [4.69, 9.17) is 5.11 Å². The summed E-state index contributed by atoms with van der Waals surface area (Å²) in [4.78, 5) is 10.9. The number of halogens is 2. The lowest BCUT2D eigenvalue weighted by Crippen LogP contribution is -2.11. The van der Waals surface area contributed by atoms with E-state index in [2.05, 4.69) is 0 Å². The van der Waals surface area contributed by atoms with Crippen molar-refractivity contribution in [3.8, 4) is 0 Å². The second-order valence-corrected chi connectivity index (χ2v) is 4.19. The molecular formula is C15H12F2O2. The normalized spacial score (nSPS) is 10.7. The van der Waals surface area contributed by atoms with Gasteiger partial charge in [0.1, 0.15) is 11.6 Å². The molecule has 0 aromatic heterocycles. The van der Waals surface area contributed by atoms with Crippen LogP contribution in [0.3, 0.4) is 0 Å². The maximum Gasteiger partial charge on any atom is 0.304 e. The number of rotatable bonds is 4. The van der Waals surface area contributed by atoms with Crippen molar-refractivity contribution in [2.24, 2.45) is 0 Å². The summed E-state index contributed by atoms with van der Waals surface area (Å²) in [5.41, 5.74) is 0.380. The average Bonchev–Trinajstić information content (AvgIpc) is 2.37. The number of hydrogen-bond acceptors (Lipinski definition) is 1. The summed E-state index contributed by atoms with van der Waals surface area (Å²) in [6, 6.07) is 11.7. The van der Waals surface area contributed by atoms with Crippen molar-refractivity contribution in [2.75, 3.05) is 0 Å². The van der Waals surface area contributed by atoms with Crippen LogP contribution in [0.4, 0.5) is 8.78 Å². The van der Waals surface area contributed by atoms with Gasteiger partial charge in [0.15, 0.2) is 0 Å². The molecule has 0 saturated carbocycles. The molecule has 98 valence electrons. The fourth-order valence-electron chi connectivity index (χ4n) is 2.08. The van der Waals surface area contributed by atoms with Gasteiger partial charge in [-0.25, -0.2) is 8.78 Å². The van der Waals surface area contributed by atoms with Gasteiger partial charge in [0.05, 0.1) is 6.42 Å². The maximum absolute atomic E-state index is 13.8. The van der Waals surface area contributed by atoms with Crippen LogP contribution in [0.1, 0.15) is 23.5 Å². The molecule has 0 radical (unpaired) electrons. The van der Waals surface area contributed by atoms with Gasteiger partial charge in [-0.2, -0.15) is 0 Å². The predicted octanol–water partition coefficient (Wildman–Crippen LogP) is 3.57. The van der Waals surface area contributed by atoms with Crippen LogP contribution in [-0.2, 0) is 4.79 Å². The SMILES string of the molecule is O=C(O)CC(c1ccccc1F)c1ccccc1F. The lowest BCUT2D eigenvalue weighted by Gasteiger charge is -2.17. The third kappa shape index (κ3) is 2.96. The molecule has 2 aromatic rings. The predicted molar refractivity (Wildman–Crippen MR) is 66.9 cm³/mol. The Morgan fingerprint density at radius 3 is 1.74 bits per heavy atom. The van der Waals surface area contributed by atoms with E-state index in [1.165, 1.54) is 36.4 Å². The number of carboxylic acid groups (broad SMARTS) is 1. The van der Waals surface area contributed by atoms with Crippen molar-refractivity contribution in [3.05, 3.63) is 71.3 Å². The molecule has 0 aliphatic heterocycles. The minimum absolute atomic E-state index is 0.190. The number of carbonyl (C=O) groups is 1. The van der Waals surface area contributed by atoms with Gasteiger partial charge >= 0.3 is 5.97 Å². The molecule has 0 amide bonds. The van der Waals surface area contributed by atoms with Gasteiger partial charge in [-0.15, -0.1) is 0 Å². The molecule has 2 rings (SSSR count). The molecular weight excluding hydrogens is 250 g/mol. The Morgan fingerprint density at radius 1 is 0.947 bits per heavy atom. The fraction of sp³-hybridized carbons (Fsp3) is 0.133. The lowest BCUT2D eigenvalue weighted by atomic mass is 9.88. The van der Waals surface area contributed by atoms with Crippen LogP contribution >= 0.6 is 0 Å². The maximum atomic E-state index is 13.8. The van der Waals surface area contributed by atoms with Crippen molar-refractivity contribution in [1.82, 2.24) is 0 Å². The highest BCUT2D eigenvalue weighted by Gasteiger charge is 2.23. The van der Waals surface area contributed by atoms with E-state index in [9.17, 15) is 13.6 Å². The van der Waals surface area contributed by atoms with E-state index in [1.807, 2.05) is 0 Å². The third-order valence-corrected chi connectivity index (χ3v) is 2.94. The molecule has 0 aliphatic carbocycles. The zero-order chi connectivity index (χ0) is 13.8. The zero-order valence-corrected chi connectivity index (χ0v) is 10.0. The summed E-state index contributed by atoms with van der Waals surface area (Å²) < 4.78 is 27.6. The Labute approximate surface area is 109 Å². The minimum atomic E-state index is -1.10. The second-order valence-electron chi connectivity index (χ2n) is 4.19. The van der Waals surface area contributed by atoms with Crippen molar-refractivity contribution >= 4 is 5.97 Å². The first-order valence-electron chi connectivity index (χ1n) is 5.80. The van der Waals surface area contributed by atoms with E-state index in [-0.39, 0.29) is 17.5 Å². The monoisotopic (exact) mass is 262 g/mol. The summed E-state index contributed by atoms with van der Waals surface area (Å²) in [5, 5.41) is 8.94. The molecule has 0 heterocycles. The van der Waals surface area contributed by atoms with Crippen LogP contribution in [0, 0.1) is 11.6 Å². The average molecular weight is 262 g/mol. The smallest absolute Gasteiger partial charge is 0.304 e. The molecule has 0 atom stereocenters. The van der Waals surface area contributed by atoms with Crippen molar-refractivity contribution in [2.45, 2.75) is 12.3 Å². The Hall–Kier alpha value is -2.23. The fourth-order valence-corrected chi connectivity index (χ4v) is 2.08. The van der Waals surface area contributed by atoms with Crippen LogP contribution < -0.4 is 0 Å². The first-order valence-corrected chi connectivity index (χ1v) is 5.80. The highest BCUT2D eigenvalue weighted by atomic mass is 19.1. The van der Waals surface area contributed by atoms with Crippen LogP contribution in [0.15, 0.2) is 48.5 Å². The first-order chi connectivity index (χ1) is 9.09. The van der Waals surface area contributed by atoms with Gasteiger partial charge in [-0.05, 0) is 23.3 Å².